The van der Waals surface area contributed by atoms with Crippen molar-refractivity contribution in [3.63, 3.8) is 0 Å². The van der Waals surface area contributed by atoms with Crippen LogP contribution in [-0.2, 0) is 0 Å². The highest BCUT2D eigenvalue weighted by Crippen LogP contribution is 2.26. The highest BCUT2D eigenvalue weighted by molar-refractivity contribution is 6.35. The molecule has 0 heterocycles. The van der Waals surface area contributed by atoms with E-state index in [4.69, 9.17) is 27.9 Å². The van der Waals surface area contributed by atoms with E-state index in [-0.39, 0.29) is 12.5 Å². The molecular formula is C16H15Cl2NO3. The first-order valence-electron chi connectivity index (χ1n) is 6.56. The van der Waals surface area contributed by atoms with Gasteiger partial charge in [-0.05, 0) is 30.3 Å². The van der Waals surface area contributed by atoms with Gasteiger partial charge in [0.2, 0.25) is 0 Å². The Kier molecular flexibility index (Phi) is 5.66. The fourth-order valence-electron chi connectivity index (χ4n) is 1.94. The molecule has 0 aliphatic carbocycles. The molecule has 2 aromatic carbocycles. The maximum atomic E-state index is 12.1. The Morgan fingerprint density at radius 3 is 2.73 bits per heavy atom. The first-order valence-corrected chi connectivity index (χ1v) is 7.32. The SMILES string of the molecule is COc1cccc(C(=O)NCC(O)c2ccc(Cl)cc2Cl)c1. The van der Waals surface area contributed by atoms with Crippen LogP contribution in [0.15, 0.2) is 42.5 Å². The van der Waals surface area contributed by atoms with Gasteiger partial charge in [-0.15, -0.1) is 0 Å². The third kappa shape index (κ3) is 4.13. The molecule has 6 heteroatoms. The molecule has 2 N–H and O–H groups in total. The molecule has 4 nitrogen and oxygen atoms in total. The second kappa shape index (κ2) is 7.49. The molecule has 116 valence electrons. The van der Waals surface area contributed by atoms with E-state index in [1.54, 1.807) is 42.5 Å². The van der Waals surface area contributed by atoms with Gasteiger partial charge in [-0.2, -0.15) is 0 Å². The molecule has 0 aliphatic rings. The topological polar surface area (TPSA) is 58.6 Å². The van der Waals surface area contributed by atoms with Crippen molar-refractivity contribution in [2.24, 2.45) is 0 Å². The van der Waals surface area contributed by atoms with Crippen molar-refractivity contribution < 1.29 is 14.6 Å². The van der Waals surface area contributed by atoms with E-state index >= 15 is 0 Å². The predicted molar refractivity (Wildman–Crippen MR) is 86.7 cm³/mol. The summed E-state index contributed by atoms with van der Waals surface area (Å²) in [5, 5.41) is 13.6. The molecule has 0 aliphatic heterocycles. The minimum Gasteiger partial charge on any atom is -0.497 e. The van der Waals surface area contributed by atoms with E-state index < -0.39 is 6.10 Å². The highest BCUT2D eigenvalue weighted by atomic mass is 35.5. The van der Waals surface area contributed by atoms with Crippen LogP contribution in [0.2, 0.25) is 10.0 Å². The Balaban J connectivity index is 2.00. The number of hydrogen-bond donors (Lipinski definition) is 2. The lowest BCUT2D eigenvalue weighted by Gasteiger charge is -2.14. The van der Waals surface area contributed by atoms with E-state index in [0.29, 0.717) is 26.9 Å². The van der Waals surface area contributed by atoms with Crippen LogP contribution >= 0.6 is 23.2 Å². The molecule has 0 spiro atoms. The highest BCUT2D eigenvalue weighted by Gasteiger charge is 2.14. The number of hydrogen-bond acceptors (Lipinski definition) is 3. The van der Waals surface area contributed by atoms with Gasteiger partial charge in [0.1, 0.15) is 5.75 Å². The lowest BCUT2D eigenvalue weighted by molar-refractivity contribution is 0.0916. The Bertz CT molecular complexity index is 676. The van der Waals surface area contributed by atoms with Gasteiger partial charge in [0.25, 0.3) is 5.91 Å². The smallest absolute Gasteiger partial charge is 0.251 e. The van der Waals surface area contributed by atoms with Crippen LogP contribution in [0.3, 0.4) is 0 Å². The molecule has 2 rings (SSSR count). The molecule has 1 unspecified atom stereocenters. The van der Waals surface area contributed by atoms with E-state index in [9.17, 15) is 9.90 Å². The summed E-state index contributed by atoms with van der Waals surface area (Å²) in [7, 11) is 1.53. The Hall–Kier alpha value is -1.75. The zero-order chi connectivity index (χ0) is 16.1. The summed E-state index contributed by atoms with van der Waals surface area (Å²) in [5.74, 6) is 0.289. The maximum absolute atomic E-state index is 12.1. The van der Waals surface area contributed by atoms with Gasteiger partial charge in [-0.1, -0.05) is 35.3 Å². The third-order valence-corrected chi connectivity index (χ3v) is 3.67. The molecule has 1 amide bonds. The average Bonchev–Trinajstić information content (AvgIpc) is 2.52. The van der Waals surface area contributed by atoms with Crippen LogP contribution in [0, 0.1) is 0 Å². The maximum Gasteiger partial charge on any atom is 0.251 e. The van der Waals surface area contributed by atoms with Gasteiger partial charge in [0.15, 0.2) is 0 Å². The van der Waals surface area contributed by atoms with Crippen molar-refractivity contribution >= 4 is 29.1 Å². The van der Waals surface area contributed by atoms with Gasteiger partial charge in [0.05, 0.1) is 13.2 Å². The molecular weight excluding hydrogens is 325 g/mol. The fraction of sp³-hybridized carbons (Fsp3) is 0.188. The van der Waals surface area contributed by atoms with Gasteiger partial charge < -0.3 is 15.2 Å². The molecule has 0 radical (unpaired) electrons. The summed E-state index contributed by atoms with van der Waals surface area (Å²) in [6.07, 6.45) is -0.917. The summed E-state index contributed by atoms with van der Waals surface area (Å²) in [4.78, 5) is 12.1. The van der Waals surface area contributed by atoms with Crippen LogP contribution in [0.1, 0.15) is 22.0 Å². The summed E-state index contributed by atoms with van der Waals surface area (Å²) in [6, 6.07) is 11.6. The number of ether oxygens (including phenoxy) is 1. The molecule has 0 saturated heterocycles. The number of carbonyl (C=O) groups is 1. The minimum atomic E-state index is -0.917. The first-order chi connectivity index (χ1) is 10.5. The number of methoxy groups -OCH3 is 1. The van der Waals surface area contributed by atoms with Gasteiger partial charge >= 0.3 is 0 Å². The Morgan fingerprint density at radius 1 is 1.27 bits per heavy atom. The van der Waals surface area contributed by atoms with Crippen molar-refractivity contribution in [1.29, 1.82) is 0 Å². The lowest BCUT2D eigenvalue weighted by atomic mass is 10.1. The molecule has 22 heavy (non-hydrogen) atoms. The summed E-state index contributed by atoms with van der Waals surface area (Å²) in [5.41, 5.74) is 0.964. The first kappa shape index (κ1) is 16.6. The summed E-state index contributed by atoms with van der Waals surface area (Å²) < 4.78 is 5.07. The zero-order valence-corrected chi connectivity index (χ0v) is 13.4. The van der Waals surface area contributed by atoms with Crippen molar-refractivity contribution in [3.8, 4) is 5.75 Å². The Morgan fingerprint density at radius 2 is 2.05 bits per heavy atom. The Labute approximate surface area is 138 Å². The number of amides is 1. The van der Waals surface area contributed by atoms with Crippen LogP contribution in [0.25, 0.3) is 0 Å². The normalized spacial score (nSPS) is 11.8. The number of carbonyl (C=O) groups excluding carboxylic acids is 1. The third-order valence-electron chi connectivity index (χ3n) is 3.11. The quantitative estimate of drug-likeness (QED) is 0.876. The largest absolute Gasteiger partial charge is 0.497 e. The second-order valence-electron chi connectivity index (χ2n) is 4.62. The number of rotatable bonds is 5. The standard InChI is InChI=1S/C16H15Cl2NO3/c1-22-12-4-2-3-10(7-12)16(21)19-9-15(20)13-6-5-11(17)8-14(13)18/h2-8,15,20H,9H2,1H3,(H,19,21). The molecule has 0 bridgehead atoms. The van der Waals surface area contributed by atoms with Crippen molar-refractivity contribution in [1.82, 2.24) is 5.32 Å². The van der Waals surface area contributed by atoms with Crippen LogP contribution in [0.5, 0.6) is 5.75 Å². The lowest BCUT2D eigenvalue weighted by Crippen LogP contribution is -2.28. The molecule has 0 fully saturated rings. The van der Waals surface area contributed by atoms with Gasteiger partial charge in [-0.3, -0.25) is 4.79 Å². The predicted octanol–water partition coefficient (Wildman–Crippen LogP) is 3.47. The van der Waals surface area contributed by atoms with Crippen molar-refractivity contribution in [2.75, 3.05) is 13.7 Å². The number of benzene rings is 2. The summed E-state index contributed by atoms with van der Waals surface area (Å²) >= 11 is 11.8. The zero-order valence-electron chi connectivity index (χ0n) is 11.8. The van der Waals surface area contributed by atoms with E-state index in [1.165, 1.54) is 7.11 Å². The monoisotopic (exact) mass is 339 g/mol. The van der Waals surface area contributed by atoms with Gasteiger partial charge in [0, 0.05) is 27.7 Å². The van der Waals surface area contributed by atoms with Crippen LogP contribution in [-0.4, -0.2) is 24.7 Å². The fourth-order valence-corrected chi connectivity index (χ4v) is 2.47. The number of aliphatic hydroxyl groups excluding tert-OH is 1. The van der Waals surface area contributed by atoms with Crippen LogP contribution < -0.4 is 10.1 Å². The molecule has 1 atom stereocenters. The van der Waals surface area contributed by atoms with E-state index in [1.807, 2.05) is 0 Å². The summed E-state index contributed by atoms with van der Waals surface area (Å²) in [6.45, 7) is 0.0391. The minimum absolute atomic E-state index is 0.0391. The van der Waals surface area contributed by atoms with Gasteiger partial charge in [-0.25, -0.2) is 0 Å². The van der Waals surface area contributed by atoms with Crippen LogP contribution in [0.4, 0.5) is 0 Å². The second-order valence-corrected chi connectivity index (χ2v) is 5.47. The van der Waals surface area contributed by atoms with Crippen molar-refractivity contribution in [2.45, 2.75) is 6.10 Å². The molecule has 0 saturated carbocycles. The number of aliphatic hydroxyl groups is 1. The molecule has 2 aromatic rings. The van der Waals surface area contributed by atoms with E-state index in [0.717, 1.165) is 0 Å². The van der Waals surface area contributed by atoms with E-state index in [2.05, 4.69) is 5.32 Å². The molecule has 0 aromatic heterocycles. The number of halogens is 2. The average molecular weight is 340 g/mol. The van der Waals surface area contributed by atoms with Crippen molar-refractivity contribution in [3.05, 3.63) is 63.6 Å². The number of nitrogens with one attached hydrogen (secondary N) is 1.